The smallest absolute Gasteiger partial charge is 0.416 e. The van der Waals surface area contributed by atoms with Crippen LogP contribution in [0.3, 0.4) is 0 Å². The molecule has 0 radical (unpaired) electrons. The summed E-state index contributed by atoms with van der Waals surface area (Å²) >= 11 is 0. The van der Waals surface area contributed by atoms with Crippen molar-refractivity contribution in [1.29, 1.82) is 0 Å². The molecular formula is C23H23F6N3O4S. The second-order valence-corrected chi connectivity index (χ2v) is 10.3. The summed E-state index contributed by atoms with van der Waals surface area (Å²) in [4.78, 5) is 0. The molecule has 0 unspecified atom stereocenters. The first-order valence-corrected chi connectivity index (χ1v) is 12.4. The highest BCUT2D eigenvalue weighted by molar-refractivity contribution is 7.89. The maximum Gasteiger partial charge on any atom is 0.416 e. The lowest BCUT2D eigenvalue weighted by atomic mass is 9.93. The molecule has 3 aromatic rings. The fourth-order valence-corrected chi connectivity index (χ4v) is 4.88. The van der Waals surface area contributed by atoms with Crippen molar-refractivity contribution in [3.05, 3.63) is 65.7 Å². The fraction of sp³-hybridized carbons (Fsp3) is 0.348. The first-order valence-electron chi connectivity index (χ1n) is 10.7. The van der Waals surface area contributed by atoms with E-state index < -0.39 is 39.2 Å². The number of hydrogen-bond donors (Lipinski definition) is 2. The number of aromatic nitrogens is 2. The summed E-state index contributed by atoms with van der Waals surface area (Å²) < 4.78 is 109. The van der Waals surface area contributed by atoms with Crippen molar-refractivity contribution in [2.75, 3.05) is 12.4 Å². The zero-order valence-electron chi connectivity index (χ0n) is 19.6. The van der Waals surface area contributed by atoms with E-state index in [0.717, 1.165) is 24.3 Å². The third kappa shape index (κ3) is 7.69. The Morgan fingerprint density at radius 2 is 1.62 bits per heavy atom. The number of sulfonamides is 1. The highest BCUT2D eigenvalue weighted by Crippen LogP contribution is 2.33. The van der Waals surface area contributed by atoms with Crippen molar-refractivity contribution in [3.8, 4) is 22.9 Å². The van der Waals surface area contributed by atoms with Gasteiger partial charge in [-0.1, -0.05) is 18.2 Å². The molecule has 202 valence electrons. The van der Waals surface area contributed by atoms with E-state index in [4.69, 9.17) is 4.74 Å². The van der Waals surface area contributed by atoms with Gasteiger partial charge in [0.15, 0.2) is 5.75 Å². The molecule has 0 aliphatic carbocycles. The van der Waals surface area contributed by atoms with Crippen molar-refractivity contribution in [1.82, 2.24) is 14.5 Å². The molecule has 0 saturated heterocycles. The summed E-state index contributed by atoms with van der Waals surface area (Å²) in [6, 6.07) is 11.7. The van der Waals surface area contributed by atoms with Crippen LogP contribution in [0.5, 0.6) is 11.6 Å². The monoisotopic (exact) mass is 551 g/mol. The van der Waals surface area contributed by atoms with Crippen molar-refractivity contribution < 1.29 is 44.6 Å². The van der Waals surface area contributed by atoms with E-state index in [2.05, 4.69) is 9.82 Å². The summed E-state index contributed by atoms with van der Waals surface area (Å²) in [6.45, 7) is 2.49. The Labute approximate surface area is 208 Å². The van der Waals surface area contributed by atoms with Gasteiger partial charge in [-0.3, -0.25) is 0 Å². The number of hydrogen-bond acceptors (Lipinski definition) is 5. The Bertz CT molecular complexity index is 1330. The van der Waals surface area contributed by atoms with Crippen molar-refractivity contribution in [3.63, 3.8) is 0 Å². The van der Waals surface area contributed by atoms with Crippen LogP contribution < -0.4 is 9.46 Å². The number of rotatable bonds is 9. The first kappa shape index (κ1) is 28.5. The predicted octanol–water partition coefficient (Wildman–Crippen LogP) is 5.07. The lowest BCUT2D eigenvalue weighted by Gasteiger charge is -2.27. The number of ether oxygens (including phenoxy) is 1. The Balaban J connectivity index is 1.89. The normalized spacial score (nSPS) is 13.1. The predicted molar refractivity (Wildman–Crippen MR) is 122 cm³/mol. The van der Waals surface area contributed by atoms with Crippen LogP contribution in [0.2, 0.25) is 0 Å². The van der Waals surface area contributed by atoms with Crippen molar-refractivity contribution >= 4 is 10.0 Å². The van der Waals surface area contributed by atoms with Crippen molar-refractivity contribution in [2.45, 2.75) is 38.3 Å². The van der Waals surface area contributed by atoms with Gasteiger partial charge in [-0.25, -0.2) is 17.8 Å². The van der Waals surface area contributed by atoms with Gasteiger partial charge in [0.25, 0.3) is 0 Å². The number of alkyl halides is 6. The zero-order valence-corrected chi connectivity index (χ0v) is 20.4. The second-order valence-electron chi connectivity index (χ2n) is 8.62. The van der Waals surface area contributed by atoms with E-state index in [1.54, 1.807) is 12.1 Å². The minimum atomic E-state index is -4.91. The second kappa shape index (κ2) is 10.3. The molecule has 2 aromatic carbocycles. The van der Waals surface area contributed by atoms with E-state index in [9.17, 15) is 39.9 Å². The highest BCUT2D eigenvalue weighted by atomic mass is 32.2. The lowest BCUT2D eigenvalue weighted by Crippen LogP contribution is -2.44. The van der Waals surface area contributed by atoms with E-state index in [1.165, 1.54) is 36.7 Å². The Kier molecular flexibility index (Phi) is 7.96. The molecule has 7 nitrogen and oxygen atoms in total. The molecule has 37 heavy (non-hydrogen) atoms. The molecule has 0 aliphatic heterocycles. The molecular weight excluding hydrogens is 528 g/mol. The minimum Gasteiger partial charge on any atom is -0.439 e. The van der Waals surface area contributed by atoms with E-state index in [0.29, 0.717) is 16.8 Å². The largest absolute Gasteiger partial charge is 0.439 e. The van der Waals surface area contributed by atoms with Crippen LogP contribution in [0.1, 0.15) is 25.0 Å². The number of aliphatic hydroxyl groups is 1. The van der Waals surface area contributed by atoms with Gasteiger partial charge in [-0.05, 0) is 49.7 Å². The van der Waals surface area contributed by atoms with Crippen LogP contribution >= 0.6 is 0 Å². The van der Waals surface area contributed by atoms with Gasteiger partial charge in [-0.2, -0.15) is 31.4 Å². The topological polar surface area (TPSA) is 93.5 Å². The summed E-state index contributed by atoms with van der Waals surface area (Å²) in [7, 11) is -4.69. The van der Waals surface area contributed by atoms with Gasteiger partial charge in [0.05, 0.1) is 29.9 Å². The fourth-order valence-electron chi connectivity index (χ4n) is 3.48. The van der Waals surface area contributed by atoms with Crippen LogP contribution in [0.15, 0.2) is 54.6 Å². The molecule has 14 heteroatoms. The number of benzene rings is 2. The van der Waals surface area contributed by atoms with Gasteiger partial charge < -0.3 is 9.84 Å². The van der Waals surface area contributed by atoms with Crippen LogP contribution in [0.25, 0.3) is 11.3 Å². The van der Waals surface area contributed by atoms with E-state index in [-0.39, 0.29) is 24.8 Å². The minimum absolute atomic E-state index is 0.00159. The third-order valence-electron chi connectivity index (χ3n) is 5.10. The molecule has 3 rings (SSSR count). The highest BCUT2D eigenvalue weighted by Gasteiger charge is 2.38. The molecule has 0 amide bonds. The first-order chi connectivity index (χ1) is 17.0. The van der Waals surface area contributed by atoms with Crippen LogP contribution in [-0.2, 0) is 28.3 Å². The summed E-state index contributed by atoms with van der Waals surface area (Å²) in [5.41, 5.74) is -1.15. The van der Waals surface area contributed by atoms with E-state index >= 15 is 0 Å². The van der Waals surface area contributed by atoms with Gasteiger partial charge in [-0.15, -0.1) is 0 Å². The van der Waals surface area contributed by atoms with Crippen LogP contribution in [-0.4, -0.2) is 41.8 Å². The maximum absolute atomic E-state index is 12.8. The average molecular weight is 552 g/mol. The molecule has 0 bridgehead atoms. The lowest BCUT2D eigenvalue weighted by molar-refractivity contribution is -0.137. The number of halogens is 6. The van der Waals surface area contributed by atoms with Crippen LogP contribution in [0, 0.1) is 0 Å². The Morgan fingerprint density at radius 3 is 2.19 bits per heavy atom. The van der Waals surface area contributed by atoms with Crippen LogP contribution in [0.4, 0.5) is 26.3 Å². The van der Waals surface area contributed by atoms with Gasteiger partial charge in [0.2, 0.25) is 15.9 Å². The summed E-state index contributed by atoms with van der Waals surface area (Å²) in [6.07, 6.45) is -9.42. The zero-order chi connectivity index (χ0) is 27.6. The molecule has 1 aromatic heterocycles. The number of aliphatic hydroxyl groups excluding tert-OH is 1. The molecule has 0 saturated carbocycles. The molecule has 1 heterocycles. The number of nitrogens with one attached hydrogen (secondary N) is 1. The summed E-state index contributed by atoms with van der Waals surface area (Å²) in [5, 5.41) is 13.7. The number of nitrogens with zero attached hydrogens (tertiary/aromatic N) is 2. The third-order valence-corrected chi connectivity index (χ3v) is 6.63. The molecule has 0 fully saturated rings. The molecule has 2 N–H and O–H groups in total. The molecule has 0 atom stereocenters. The SMILES string of the molecule is CC(C)(NS(=O)(=O)CC(F)(F)F)c1cccc(-c2cc(Oc3ccc(C(F)(F)F)cc3)n(CCO)n2)c1. The van der Waals surface area contributed by atoms with Crippen molar-refractivity contribution in [2.24, 2.45) is 0 Å². The Morgan fingerprint density at radius 1 is 0.973 bits per heavy atom. The average Bonchev–Trinajstić information content (AvgIpc) is 3.14. The maximum atomic E-state index is 12.8. The molecule has 0 spiro atoms. The molecule has 0 aliphatic rings. The quantitative estimate of drug-likeness (QED) is 0.363. The van der Waals surface area contributed by atoms with E-state index in [1.807, 2.05) is 0 Å². The van der Waals surface area contributed by atoms with Gasteiger partial charge in [0, 0.05) is 11.6 Å². The summed E-state index contributed by atoms with van der Waals surface area (Å²) in [5.74, 6) is -1.83. The standard InChI is InChI=1S/C23H23F6N3O4S/c1-21(2,31-37(34,35)14-22(24,25)26)17-5-3-4-15(12-17)19-13-20(32(30-19)10-11-33)36-18-8-6-16(7-9-18)23(27,28)29/h3-9,12-13,31,33H,10-11,14H2,1-2H3. The Hall–Kier alpha value is -3.10. The van der Waals surface area contributed by atoms with Gasteiger partial charge >= 0.3 is 12.4 Å². The van der Waals surface area contributed by atoms with Gasteiger partial charge in [0.1, 0.15) is 5.75 Å².